The van der Waals surface area contributed by atoms with E-state index in [2.05, 4.69) is 11.4 Å². The molecule has 0 heterocycles. The Bertz CT molecular complexity index is 729. The van der Waals surface area contributed by atoms with Crippen LogP contribution in [0.3, 0.4) is 0 Å². The summed E-state index contributed by atoms with van der Waals surface area (Å²) >= 11 is 0. The molecular formula is C21H22N2O3. The van der Waals surface area contributed by atoms with Gasteiger partial charge in [0.1, 0.15) is 6.04 Å². The summed E-state index contributed by atoms with van der Waals surface area (Å²) in [6.45, 7) is 1.70. The Morgan fingerprint density at radius 3 is 1.96 bits per heavy atom. The number of methoxy groups -OCH3 is 1. The van der Waals surface area contributed by atoms with E-state index in [1.54, 1.807) is 6.92 Å². The number of ether oxygens (including phenoxy) is 1. The van der Waals surface area contributed by atoms with Crippen LogP contribution in [0.1, 0.15) is 30.4 Å². The van der Waals surface area contributed by atoms with Gasteiger partial charge >= 0.3 is 5.97 Å². The zero-order valence-electron chi connectivity index (χ0n) is 14.9. The number of hydrogen-bond donors (Lipinski definition) is 1. The molecule has 0 saturated heterocycles. The van der Waals surface area contributed by atoms with Gasteiger partial charge in [-0.2, -0.15) is 5.26 Å². The average Bonchev–Trinajstić information content (AvgIpc) is 2.68. The lowest BCUT2D eigenvalue weighted by atomic mass is 9.90. The first-order chi connectivity index (χ1) is 12.6. The van der Waals surface area contributed by atoms with Gasteiger partial charge in [0.25, 0.3) is 0 Å². The molecule has 0 aliphatic rings. The Kier molecular flexibility index (Phi) is 6.92. The molecule has 5 heteroatoms. The molecular weight excluding hydrogens is 328 g/mol. The van der Waals surface area contributed by atoms with Crippen LogP contribution in [0, 0.1) is 17.2 Å². The summed E-state index contributed by atoms with van der Waals surface area (Å²) in [4.78, 5) is 25.1. The largest absolute Gasteiger partial charge is 0.467 e. The Morgan fingerprint density at radius 1 is 1.04 bits per heavy atom. The lowest BCUT2D eigenvalue weighted by molar-refractivity contribution is -0.145. The molecule has 0 spiro atoms. The second-order valence-corrected chi connectivity index (χ2v) is 6.10. The number of nitriles is 1. The topological polar surface area (TPSA) is 79.2 Å². The van der Waals surface area contributed by atoms with Crippen molar-refractivity contribution < 1.29 is 14.3 Å². The van der Waals surface area contributed by atoms with Gasteiger partial charge in [0.05, 0.1) is 19.1 Å². The molecule has 1 amide bonds. The number of nitrogens with one attached hydrogen (secondary N) is 1. The maximum Gasteiger partial charge on any atom is 0.328 e. The van der Waals surface area contributed by atoms with Gasteiger partial charge in [-0.05, 0) is 24.5 Å². The van der Waals surface area contributed by atoms with Crippen LogP contribution in [0.2, 0.25) is 0 Å². The molecule has 5 nitrogen and oxygen atoms in total. The van der Waals surface area contributed by atoms with Gasteiger partial charge in [-0.1, -0.05) is 60.7 Å². The smallest absolute Gasteiger partial charge is 0.328 e. The molecule has 2 aromatic rings. The zero-order valence-corrected chi connectivity index (χ0v) is 14.9. The summed E-state index contributed by atoms with van der Waals surface area (Å²) in [5, 5.41) is 11.8. The molecule has 0 aromatic heterocycles. The highest BCUT2D eigenvalue weighted by atomic mass is 16.5. The maximum absolute atomic E-state index is 13.0. The third kappa shape index (κ3) is 4.93. The van der Waals surface area contributed by atoms with E-state index < -0.39 is 17.9 Å². The van der Waals surface area contributed by atoms with Crippen molar-refractivity contribution in [1.29, 1.82) is 5.26 Å². The number of benzene rings is 2. The van der Waals surface area contributed by atoms with E-state index in [9.17, 15) is 9.59 Å². The lowest BCUT2D eigenvalue weighted by Gasteiger charge is -2.22. The maximum atomic E-state index is 13.0. The van der Waals surface area contributed by atoms with Crippen molar-refractivity contribution >= 4 is 11.9 Å². The molecule has 2 atom stereocenters. The summed E-state index contributed by atoms with van der Waals surface area (Å²) in [5.74, 6) is -1.79. The predicted molar refractivity (Wildman–Crippen MR) is 98.1 cm³/mol. The van der Waals surface area contributed by atoms with Crippen LogP contribution in [0.4, 0.5) is 0 Å². The SMILES string of the molecule is COC(=O)[C@@H](C[C@H](C)C#N)NC(=O)C(c1ccccc1)c1ccccc1. The van der Waals surface area contributed by atoms with Crippen LogP contribution >= 0.6 is 0 Å². The van der Waals surface area contributed by atoms with Crippen LogP contribution in [-0.2, 0) is 14.3 Å². The van der Waals surface area contributed by atoms with E-state index in [1.165, 1.54) is 7.11 Å². The summed E-state index contributed by atoms with van der Waals surface area (Å²) in [7, 11) is 1.27. The highest BCUT2D eigenvalue weighted by Gasteiger charge is 2.29. The van der Waals surface area contributed by atoms with Gasteiger partial charge < -0.3 is 10.1 Å². The van der Waals surface area contributed by atoms with Crippen LogP contribution in [0.15, 0.2) is 60.7 Å². The zero-order chi connectivity index (χ0) is 18.9. The first-order valence-corrected chi connectivity index (χ1v) is 8.44. The molecule has 2 aromatic carbocycles. The molecule has 0 fully saturated rings. The van der Waals surface area contributed by atoms with Gasteiger partial charge in [-0.25, -0.2) is 4.79 Å². The highest BCUT2D eigenvalue weighted by molar-refractivity contribution is 5.91. The van der Waals surface area contributed by atoms with Crippen LogP contribution < -0.4 is 5.32 Å². The van der Waals surface area contributed by atoms with E-state index in [-0.39, 0.29) is 18.2 Å². The summed E-state index contributed by atoms with van der Waals surface area (Å²) < 4.78 is 4.79. The molecule has 2 rings (SSSR count). The minimum atomic E-state index is -0.864. The number of nitrogens with zero attached hydrogens (tertiary/aromatic N) is 1. The van der Waals surface area contributed by atoms with Crippen molar-refractivity contribution in [3.05, 3.63) is 71.8 Å². The first kappa shape index (κ1) is 19.2. The van der Waals surface area contributed by atoms with Crippen LogP contribution in [0.5, 0.6) is 0 Å². The van der Waals surface area contributed by atoms with Gasteiger partial charge in [-0.3, -0.25) is 4.79 Å². The summed E-state index contributed by atoms with van der Waals surface area (Å²) in [5.41, 5.74) is 1.65. The molecule has 0 aliphatic carbocycles. The minimum absolute atomic E-state index is 0.200. The molecule has 1 N–H and O–H groups in total. The molecule has 0 bridgehead atoms. The number of rotatable bonds is 7. The molecule has 0 unspecified atom stereocenters. The Morgan fingerprint density at radius 2 is 1.54 bits per heavy atom. The fourth-order valence-corrected chi connectivity index (χ4v) is 2.80. The number of carbonyl (C=O) groups is 2. The van der Waals surface area contributed by atoms with Crippen LogP contribution in [-0.4, -0.2) is 25.0 Å². The Labute approximate surface area is 153 Å². The van der Waals surface area contributed by atoms with Crippen molar-refractivity contribution in [3.63, 3.8) is 0 Å². The predicted octanol–water partition coefficient (Wildman–Crippen LogP) is 3.03. The molecule has 134 valence electrons. The molecule has 26 heavy (non-hydrogen) atoms. The third-order valence-corrected chi connectivity index (χ3v) is 4.14. The van der Waals surface area contributed by atoms with Crippen molar-refractivity contribution in [2.75, 3.05) is 7.11 Å². The fourth-order valence-electron chi connectivity index (χ4n) is 2.80. The lowest BCUT2D eigenvalue weighted by Crippen LogP contribution is -2.44. The van der Waals surface area contributed by atoms with Crippen molar-refractivity contribution in [3.8, 4) is 6.07 Å². The summed E-state index contributed by atoms with van der Waals surface area (Å²) in [6.07, 6.45) is 0.200. The van der Waals surface area contributed by atoms with E-state index >= 15 is 0 Å². The second kappa shape index (κ2) is 9.38. The standard InChI is InChI=1S/C21H22N2O3/c1-15(14-22)13-18(21(25)26-2)23-20(24)19(16-9-5-3-6-10-16)17-11-7-4-8-12-17/h3-12,15,18-19H,13H2,1-2H3,(H,23,24)/t15-,18+/m0/s1. The van der Waals surface area contributed by atoms with Gasteiger partial charge in [-0.15, -0.1) is 0 Å². The van der Waals surface area contributed by atoms with E-state index in [1.807, 2.05) is 60.7 Å². The van der Waals surface area contributed by atoms with Crippen molar-refractivity contribution in [2.24, 2.45) is 5.92 Å². The second-order valence-electron chi connectivity index (χ2n) is 6.10. The highest BCUT2D eigenvalue weighted by Crippen LogP contribution is 2.25. The third-order valence-electron chi connectivity index (χ3n) is 4.14. The normalized spacial score (nSPS) is 12.7. The quantitative estimate of drug-likeness (QED) is 0.779. The molecule has 0 saturated carbocycles. The van der Waals surface area contributed by atoms with E-state index in [0.717, 1.165) is 11.1 Å². The minimum Gasteiger partial charge on any atom is -0.467 e. The first-order valence-electron chi connectivity index (χ1n) is 8.44. The monoisotopic (exact) mass is 350 g/mol. The van der Waals surface area contributed by atoms with Crippen LogP contribution in [0.25, 0.3) is 0 Å². The van der Waals surface area contributed by atoms with Gasteiger partial charge in [0.2, 0.25) is 5.91 Å². The van der Waals surface area contributed by atoms with Gasteiger partial charge in [0.15, 0.2) is 0 Å². The van der Waals surface area contributed by atoms with E-state index in [0.29, 0.717) is 0 Å². The Hall–Kier alpha value is -3.13. The van der Waals surface area contributed by atoms with E-state index in [4.69, 9.17) is 10.00 Å². The number of hydrogen-bond acceptors (Lipinski definition) is 4. The average molecular weight is 350 g/mol. The fraction of sp³-hybridized carbons (Fsp3) is 0.286. The molecule has 0 radical (unpaired) electrons. The number of esters is 1. The van der Waals surface area contributed by atoms with Crippen molar-refractivity contribution in [2.45, 2.75) is 25.3 Å². The molecule has 0 aliphatic heterocycles. The summed E-state index contributed by atoms with van der Waals surface area (Å²) in [6, 6.07) is 20.0. The Balaban J connectivity index is 2.31. The number of amides is 1. The number of carbonyl (C=O) groups excluding carboxylic acids is 2. The van der Waals surface area contributed by atoms with Gasteiger partial charge in [0, 0.05) is 5.92 Å². The van der Waals surface area contributed by atoms with Crippen molar-refractivity contribution in [1.82, 2.24) is 5.32 Å².